The first-order chi connectivity index (χ1) is 7.31. The van der Waals surface area contributed by atoms with Crippen LogP contribution in [0.1, 0.15) is 6.92 Å². The van der Waals surface area contributed by atoms with Crippen LogP contribution >= 0.6 is 12.2 Å². The summed E-state index contributed by atoms with van der Waals surface area (Å²) in [5.74, 6) is 0.878. The Morgan fingerprint density at radius 3 is 2.60 bits per heavy atom. The molecule has 1 heterocycles. The zero-order valence-electron chi connectivity index (χ0n) is 8.43. The lowest BCUT2D eigenvalue weighted by molar-refractivity contribution is 0.340. The van der Waals surface area contributed by atoms with Gasteiger partial charge in [0.1, 0.15) is 5.75 Å². The van der Waals surface area contributed by atoms with Gasteiger partial charge in [-0.05, 0) is 43.4 Å². The van der Waals surface area contributed by atoms with Crippen LogP contribution in [-0.2, 0) is 0 Å². The lowest BCUT2D eigenvalue weighted by Gasteiger charge is -2.05. The van der Waals surface area contributed by atoms with Crippen LogP contribution in [0.15, 0.2) is 36.7 Å². The number of ether oxygens (including phenoxy) is 1. The van der Waals surface area contributed by atoms with Crippen LogP contribution < -0.4 is 4.74 Å². The van der Waals surface area contributed by atoms with E-state index in [0.29, 0.717) is 11.4 Å². The lowest BCUT2D eigenvalue weighted by atomic mass is 10.3. The molecular weight excluding hydrogens is 208 g/mol. The molecule has 4 heteroatoms. The molecule has 15 heavy (non-hydrogen) atoms. The summed E-state index contributed by atoms with van der Waals surface area (Å²) < 4.78 is 7.97. The first-order valence-electron chi connectivity index (χ1n) is 4.80. The van der Waals surface area contributed by atoms with Crippen molar-refractivity contribution in [2.75, 3.05) is 6.61 Å². The van der Waals surface area contributed by atoms with E-state index in [4.69, 9.17) is 17.0 Å². The number of hydrogen-bond donors (Lipinski definition) is 1. The SMILES string of the molecule is CCOc1ccc(-n2cc[nH]c2=S)cc1. The number of nitrogens with one attached hydrogen (secondary N) is 1. The summed E-state index contributed by atoms with van der Waals surface area (Å²) in [6, 6.07) is 7.84. The Hall–Kier alpha value is -1.55. The fourth-order valence-corrected chi connectivity index (χ4v) is 1.63. The highest BCUT2D eigenvalue weighted by Crippen LogP contribution is 2.15. The van der Waals surface area contributed by atoms with Crippen molar-refractivity contribution >= 4 is 12.2 Å². The van der Waals surface area contributed by atoms with Crippen molar-refractivity contribution < 1.29 is 4.74 Å². The maximum atomic E-state index is 5.37. The van der Waals surface area contributed by atoms with Crippen LogP contribution in [0.3, 0.4) is 0 Å². The summed E-state index contributed by atoms with van der Waals surface area (Å²) in [5.41, 5.74) is 1.03. The molecule has 2 aromatic rings. The number of aromatic nitrogens is 2. The molecule has 0 aliphatic rings. The Morgan fingerprint density at radius 1 is 1.33 bits per heavy atom. The van der Waals surface area contributed by atoms with E-state index in [2.05, 4.69) is 4.98 Å². The molecule has 0 bridgehead atoms. The fourth-order valence-electron chi connectivity index (χ4n) is 1.39. The molecule has 0 aliphatic carbocycles. The number of imidazole rings is 1. The highest BCUT2D eigenvalue weighted by Gasteiger charge is 1.97. The Bertz CT molecular complexity index is 484. The predicted molar refractivity (Wildman–Crippen MR) is 62.1 cm³/mol. The first kappa shape index (κ1) is 9.98. The van der Waals surface area contributed by atoms with Crippen LogP contribution in [0.25, 0.3) is 5.69 Å². The molecule has 2 rings (SSSR count). The van der Waals surface area contributed by atoms with Crippen LogP contribution in [0.4, 0.5) is 0 Å². The van der Waals surface area contributed by atoms with Gasteiger partial charge in [0, 0.05) is 18.1 Å². The van der Waals surface area contributed by atoms with Gasteiger partial charge in [-0.15, -0.1) is 0 Å². The maximum absolute atomic E-state index is 5.37. The molecule has 3 nitrogen and oxygen atoms in total. The summed E-state index contributed by atoms with van der Waals surface area (Å²) in [7, 11) is 0. The van der Waals surface area contributed by atoms with Gasteiger partial charge in [-0.3, -0.25) is 4.57 Å². The molecule has 1 aromatic heterocycles. The summed E-state index contributed by atoms with van der Waals surface area (Å²) in [6.45, 7) is 2.65. The molecule has 0 radical (unpaired) electrons. The van der Waals surface area contributed by atoms with Gasteiger partial charge in [-0.1, -0.05) is 0 Å². The first-order valence-corrected chi connectivity index (χ1v) is 5.21. The van der Waals surface area contributed by atoms with Crippen LogP contribution in [0.5, 0.6) is 5.75 Å². The smallest absolute Gasteiger partial charge is 0.181 e. The van der Waals surface area contributed by atoms with Gasteiger partial charge in [-0.2, -0.15) is 0 Å². The molecular formula is C11H12N2OS. The minimum absolute atomic E-state index is 0.683. The van der Waals surface area contributed by atoms with E-state index >= 15 is 0 Å². The van der Waals surface area contributed by atoms with Crippen LogP contribution in [-0.4, -0.2) is 16.2 Å². The third-order valence-corrected chi connectivity index (χ3v) is 2.39. The minimum atomic E-state index is 0.683. The van der Waals surface area contributed by atoms with E-state index in [9.17, 15) is 0 Å². The normalized spacial score (nSPS) is 10.2. The number of H-pyrrole nitrogens is 1. The van der Waals surface area contributed by atoms with Crippen molar-refractivity contribution in [1.82, 2.24) is 9.55 Å². The number of benzene rings is 1. The molecule has 78 valence electrons. The second-order valence-corrected chi connectivity index (χ2v) is 3.45. The highest BCUT2D eigenvalue weighted by molar-refractivity contribution is 7.71. The Morgan fingerprint density at radius 2 is 2.07 bits per heavy atom. The third-order valence-electron chi connectivity index (χ3n) is 2.08. The zero-order chi connectivity index (χ0) is 10.7. The number of nitrogens with zero attached hydrogens (tertiary/aromatic N) is 1. The summed E-state index contributed by atoms with van der Waals surface area (Å²) >= 11 is 5.13. The van der Waals surface area contributed by atoms with E-state index in [1.165, 1.54) is 0 Å². The number of hydrogen-bond acceptors (Lipinski definition) is 2. The minimum Gasteiger partial charge on any atom is -0.494 e. The molecule has 0 unspecified atom stereocenters. The predicted octanol–water partition coefficient (Wildman–Crippen LogP) is 2.93. The molecule has 0 saturated heterocycles. The van der Waals surface area contributed by atoms with Crippen LogP contribution in [0.2, 0.25) is 0 Å². The molecule has 0 fully saturated rings. The molecule has 1 N–H and O–H groups in total. The van der Waals surface area contributed by atoms with Gasteiger partial charge in [0.15, 0.2) is 4.77 Å². The highest BCUT2D eigenvalue weighted by atomic mass is 32.1. The van der Waals surface area contributed by atoms with Gasteiger partial charge in [0.05, 0.1) is 6.61 Å². The average molecular weight is 220 g/mol. The van der Waals surface area contributed by atoms with Crippen LogP contribution in [0, 0.1) is 4.77 Å². The second kappa shape index (κ2) is 4.31. The van der Waals surface area contributed by atoms with Gasteiger partial charge in [-0.25, -0.2) is 0 Å². The zero-order valence-corrected chi connectivity index (χ0v) is 9.25. The van der Waals surface area contributed by atoms with Gasteiger partial charge >= 0.3 is 0 Å². The third kappa shape index (κ3) is 2.10. The van der Waals surface area contributed by atoms with E-state index in [-0.39, 0.29) is 0 Å². The maximum Gasteiger partial charge on any atom is 0.181 e. The number of aromatic amines is 1. The van der Waals surface area contributed by atoms with Gasteiger partial charge in [0.2, 0.25) is 0 Å². The fraction of sp³-hybridized carbons (Fsp3) is 0.182. The average Bonchev–Trinajstić information content (AvgIpc) is 2.66. The monoisotopic (exact) mass is 220 g/mol. The van der Waals surface area contributed by atoms with Crippen molar-refractivity contribution in [3.05, 3.63) is 41.4 Å². The summed E-state index contributed by atoms with van der Waals surface area (Å²) in [4.78, 5) is 2.95. The van der Waals surface area contributed by atoms with Gasteiger partial charge < -0.3 is 9.72 Å². The second-order valence-electron chi connectivity index (χ2n) is 3.06. The van der Waals surface area contributed by atoms with E-state index in [0.717, 1.165) is 11.4 Å². The standard InChI is InChI=1S/C11H12N2OS/c1-2-14-10-5-3-9(4-6-10)13-8-7-12-11(13)15/h3-8H,2H2,1H3,(H,12,15). The molecule has 0 aliphatic heterocycles. The quantitative estimate of drug-likeness (QED) is 0.806. The molecule has 0 spiro atoms. The molecule has 0 atom stereocenters. The lowest BCUT2D eigenvalue weighted by Crippen LogP contribution is -1.94. The molecule has 1 aromatic carbocycles. The van der Waals surface area contributed by atoms with E-state index in [1.54, 1.807) is 0 Å². The van der Waals surface area contributed by atoms with Crippen molar-refractivity contribution in [2.45, 2.75) is 6.92 Å². The van der Waals surface area contributed by atoms with Crippen molar-refractivity contribution in [2.24, 2.45) is 0 Å². The topological polar surface area (TPSA) is 29.9 Å². The van der Waals surface area contributed by atoms with E-state index in [1.807, 2.05) is 48.1 Å². The van der Waals surface area contributed by atoms with Crippen molar-refractivity contribution in [3.63, 3.8) is 0 Å². The summed E-state index contributed by atoms with van der Waals surface area (Å²) in [6.07, 6.45) is 3.72. The molecule has 0 saturated carbocycles. The molecule has 0 amide bonds. The Balaban J connectivity index is 2.32. The van der Waals surface area contributed by atoms with Crippen molar-refractivity contribution in [3.8, 4) is 11.4 Å². The Labute approximate surface area is 93.3 Å². The summed E-state index contributed by atoms with van der Waals surface area (Å²) in [5, 5.41) is 0. The largest absolute Gasteiger partial charge is 0.494 e. The Kier molecular flexibility index (Phi) is 2.87. The van der Waals surface area contributed by atoms with Crippen molar-refractivity contribution in [1.29, 1.82) is 0 Å². The number of rotatable bonds is 3. The van der Waals surface area contributed by atoms with Gasteiger partial charge in [0.25, 0.3) is 0 Å². The van der Waals surface area contributed by atoms with E-state index < -0.39 is 0 Å².